The molecule has 212 valence electrons. The summed E-state index contributed by atoms with van der Waals surface area (Å²) < 4.78 is 39.4. The van der Waals surface area contributed by atoms with Crippen molar-refractivity contribution in [2.45, 2.75) is 18.4 Å². The van der Waals surface area contributed by atoms with E-state index in [-0.39, 0.29) is 10.6 Å². The summed E-state index contributed by atoms with van der Waals surface area (Å²) in [6, 6.07) is 26.6. The van der Waals surface area contributed by atoms with Gasteiger partial charge >= 0.3 is 0 Å². The van der Waals surface area contributed by atoms with Crippen molar-refractivity contribution >= 4 is 51.0 Å². The van der Waals surface area contributed by atoms with Crippen LogP contribution in [0.25, 0.3) is 0 Å². The molecule has 0 saturated carbocycles. The standard InChI is InChI=1S/C30H27Cl2N3O5S/c1-2-39-29-18-23(10-17-28(29)40-21-22-8-11-24(31)12-9-22)19-33-34-30(36)20-35(26-15-13-25(32)14-16-26)41(37,38)27-6-4-3-5-7-27/h3-19H,2,20-21H2,1H3,(H,34,36)/b33-19-. The summed E-state index contributed by atoms with van der Waals surface area (Å²) in [5.41, 5.74) is 4.27. The Hall–Kier alpha value is -4.05. The number of hydrogen-bond donors (Lipinski definition) is 1. The van der Waals surface area contributed by atoms with E-state index in [1.54, 1.807) is 60.7 Å². The Morgan fingerprint density at radius 3 is 2.20 bits per heavy atom. The maximum absolute atomic E-state index is 13.4. The number of halogens is 2. The molecule has 0 spiro atoms. The third-order valence-electron chi connectivity index (χ3n) is 5.71. The molecule has 0 atom stereocenters. The molecule has 0 radical (unpaired) electrons. The van der Waals surface area contributed by atoms with Gasteiger partial charge in [-0.15, -0.1) is 0 Å². The minimum Gasteiger partial charge on any atom is -0.490 e. The number of hydrogen-bond acceptors (Lipinski definition) is 6. The first-order chi connectivity index (χ1) is 19.8. The Bertz CT molecular complexity index is 1600. The predicted octanol–water partition coefficient (Wildman–Crippen LogP) is 6.32. The number of nitrogens with one attached hydrogen (secondary N) is 1. The van der Waals surface area contributed by atoms with E-state index in [0.717, 1.165) is 9.87 Å². The summed E-state index contributed by atoms with van der Waals surface area (Å²) in [7, 11) is -4.04. The van der Waals surface area contributed by atoms with Gasteiger partial charge in [0.25, 0.3) is 15.9 Å². The van der Waals surface area contributed by atoms with Crippen LogP contribution in [-0.2, 0) is 21.4 Å². The Labute approximate surface area is 249 Å². The number of nitrogens with zero attached hydrogens (tertiary/aromatic N) is 2. The zero-order chi connectivity index (χ0) is 29.2. The largest absolute Gasteiger partial charge is 0.490 e. The second kappa shape index (κ2) is 14.0. The number of ether oxygens (including phenoxy) is 2. The summed E-state index contributed by atoms with van der Waals surface area (Å²) >= 11 is 11.9. The molecule has 41 heavy (non-hydrogen) atoms. The SMILES string of the molecule is CCOc1cc(/C=N\NC(=O)CN(c2ccc(Cl)cc2)S(=O)(=O)c2ccccc2)ccc1OCc1ccc(Cl)cc1. The lowest BCUT2D eigenvalue weighted by molar-refractivity contribution is -0.119. The van der Waals surface area contributed by atoms with Crippen LogP contribution in [0.5, 0.6) is 11.5 Å². The molecule has 1 N–H and O–H groups in total. The fourth-order valence-electron chi connectivity index (χ4n) is 3.72. The van der Waals surface area contributed by atoms with Crippen LogP contribution in [0.15, 0.2) is 107 Å². The molecule has 1 amide bonds. The van der Waals surface area contributed by atoms with Gasteiger partial charge in [0.2, 0.25) is 0 Å². The molecule has 0 heterocycles. The summed E-state index contributed by atoms with van der Waals surface area (Å²) in [5.74, 6) is 0.427. The van der Waals surface area contributed by atoms with Gasteiger partial charge in [0, 0.05) is 10.0 Å². The highest BCUT2D eigenvalue weighted by molar-refractivity contribution is 7.92. The van der Waals surface area contributed by atoms with Crippen LogP contribution in [0.3, 0.4) is 0 Å². The molecule has 4 aromatic carbocycles. The highest BCUT2D eigenvalue weighted by Crippen LogP contribution is 2.29. The van der Waals surface area contributed by atoms with Gasteiger partial charge in [-0.1, -0.05) is 53.5 Å². The highest BCUT2D eigenvalue weighted by Gasteiger charge is 2.27. The molecule has 4 aromatic rings. The summed E-state index contributed by atoms with van der Waals surface area (Å²) in [6.07, 6.45) is 1.43. The van der Waals surface area contributed by atoms with Gasteiger partial charge in [0.15, 0.2) is 11.5 Å². The average Bonchev–Trinajstić information content (AvgIpc) is 2.97. The Balaban J connectivity index is 1.45. The molecule has 4 rings (SSSR count). The zero-order valence-electron chi connectivity index (χ0n) is 22.0. The third-order valence-corrected chi connectivity index (χ3v) is 8.00. The quantitative estimate of drug-likeness (QED) is 0.149. The van der Waals surface area contributed by atoms with Crippen molar-refractivity contribution in [3.05, 3.63) is 118 Å². The summed E-state index contributed by atoms with van der Waals surface area (Å²) in [4.78, 5) is 12.9. The fourth-order valence-corrected chi connectivity index (χ4v) is 5.41. The molecule has 0 unspecified atom stereocenters. The molecule has 8 nitrogen and oxygen atoms in total. The molecular formula is C30H27Cl2N3O5S. The highest BCUT2D eigenvalue weighted by atomic mass is 35.5. The van der Waals surface area contributed by atoms with Crippen molar-refractivity contribution < 1.29 is 22.7 Å². The molecule has 11 heteroatoms. The Kier molecular flexibility index (Phi) is 10.2. The first kappa shape index (κ1) is 29.9. The van der Waals surface area contributed by atoms with E-state index in [2.05, 4.69) is 10.5 Å². The van der Waals surface area contributed by atoms with Crippen molar-refractivity contribution in [3.63, 3.8) is 0 Å². The van der Waals surface area contributed by atoms with E-state index in [1.165, 1.54) is 30.5 Å². The summed E-state index contributed by atoms with van der Waals surface area (Å²) in [6.45, 7) is 2.11. The van der Waals surface area contributed by atoms with E-state index in [9.17, 15) is 13.2 Å². The van der Waals surface area contributed by atoms with Gasteiger partial charge in [-0.3, -0.25) is 9.10 Å². The minimum atomic E-state index is -4.04. The number of anilines is 1. The van der Waals surface area contributed by atoms with E-state index in [0.29, 0.717) is 40.3 Å². The topological polar surface area (TPSA) is 97.3 Å². The lowest BCUT2D eigenvalue weighted by Gasteiger charge is -2.23. The number of hydrazone groups is 1. The normalized spacial score (nSPS) is 11.3. The van der Waals surface area contributed by atoms with Crippen LogP contribution in [0, 0.1) is 0 Å². The van der Waals surface area contributed by atoms with Gasteiger partial charge in [0.1, 0.15) is 13.2 Å². The number of carbonyl (C=O) groups excluding carboxylic acids is 1. The van der Waals surface area contributed by atoms with Crippen LogP contribution in [0.1, 0.15) is 18.1 Å². The van der Waals surface area contributed by atoms with Crippen molar-refractivity contribution in [1.82, 2.24) is 5.43 Å². The zero-order valence-corrected chi connectivity index (χ0v) is 24.4. The molecule has 0 aliphatic rings. The van der Waals surface area contributed by atoms with Crippen molar-refractivity contribution in [2.75, 3.05) is 17.5 Å². The lowest BCUT2D eigenvalue weighted by atomic mass is 10.2. The average molecular weight is 613 g/mol. The number of rotatable bonds is 12. The first-order valence-electron chi connectivity index (χ1n) is 12.6. The van der Waals surface area contributed by atoms with Gasteiger partial charge in [-0.2, -0.15) is 5.10 Å². The second-order valence-electron chi connectivity index (χ2n) is 8.65. The molecule has 0 fully saturated rings. The van der Waals surface area contributed by atoms with Gasteiger partial charge < -0.3 is 9.47 Å². The number of benzene rings is 4. The molecule has 0 aliphatic carbocycles. The van der Waals surface area contributed by atoms with Gasteiger partial charge in [-0.25, -0.2) is 13.8 Å². The van der Waals surface area contributed by atoms with Crippen molar-refractivity contribution in [2.24, 2.45) is 5.10 Å². The Morgan fingerprint density at radius 2 is 1.54 bits per heavy atom. The number of carbonyl (C=O) groups is 1. The molecular weight excluding hydrogens is 585 g/mol. The van der Waals surface area contributed by atoms with Crippen LogP contribution >= 0.6 is 23.2 Å². The molecule has 0 aromatic heterocycles. The van der Waals surface area contributed by atoms with Gasteiger partial charge in [-0.05, 0) is 84.8 Å². The van der Waals surface area contributed by atoms with Crippen LogP contribution in [0.4, 0.5) is 5.69 Å². The van der Waals surface area contributed by atoms with Crippen LogP contribution in [-0.4, -0.2) is 33.7 Å². The first-order valence-corrected chi connectivity index (χ1v) is 14.7. The van der Waals surface area contributed by atoms with E-state index >= 15 is 0 Å². The fraction of sp³-hybridized carbons (Fsp3) is 0.133. The smallest absolute Gasteiger partial charge is 0.264 e. The van der Waals surface area contributed by atoms with Crippen LogP contribution < -0.4 is 19.2 Å². The summed E-state index contributed by atoms with van der Waals surface area (Å²) in [5, 5.41) is 5.10. The van der Waals surface area contributed by atoms with Gasteiger partial charge in [0.05, 0.1) is 23.4 Å². The van der Waals surface area contributed by atoms with E-state index < -0.39 is 22.5 Å². The second-order valence-corrected chi connectivity index (χ2v) is 11.4. The lowest BCUT2D eigenvalue weighted by Crippen LogP contribution is -2.39. The van der Waals surface area contributed by atoms with Crippen molar-refractivity contribution in [3.8, 4) is 11.5 Å². The molecule has 0 aliphatic heterocycles. The monoisotopic (exact) mass is 611 g/mol. The maximum Gasteiger partial charge on any atom is 0.264 e. The molecule has 0 bridgehead atoms. The number of sulfonamides is 1. The van der Waals surface area contributed by atoms with Crippen LogP contribution in [0.2, 0.25) is 10.0 Å². The molecule has 0 saturated heterocycles. The third kappa shape index (κ3) is 8.23. The van der Waals surface area contributed by atoms with E-state index in [4.69, 9.17) is 32.7 Å². The Morgan fingerprint density at radius 1 is 0.878 bits per heavy atom. The van der Waals surface area contributed by atoms with E-state index in [1.807, 2.05) is 19.1 Å². The minimum absolute atomic E-state index is 0.0491. The predicted molar refractivity (Wildman–Crippen MR) is 162 cm³/mol. The van der Waals surface area contributed by atoms with Crippen molar-refractivity contribution in [1.29, 1.82) is 0 Å². The number of amides is 1. The maximum atomic E-state index is 13.4.